The van der Waals surface area contributed by atoms with Crippen LogP contribution in [0.1, 0.15) is 24.8 Å². The van der Waals surface area contributed by atoms with E-state index in [4.69, 9.17) is 10.2 Å². The van der Waals surface area contributed by atoms with Crippen LogP contribution >= 0.6 is 0 Å². The first-order chi connectivity index (χ1) is 7.72. The fraction of sp³-hybridized carbons (Fsp3) is 0.333. The molecule has 0 spiro atoms. The Hall–Kier alpha value is -1.84. The van der Waals surface area contributed by atoms with E-state index in [9.17, 15) is 0 Å². The van der Waals surface area contributed by atoms with Crippen LogP contribution in [0.4, 0.5) is 5.69 Å². The van der Waals surface area contributed by atoms with E-state index < -0.39 is 0 Å². The van der Waals surface area contributed by atoms with Gasteiger partial charge in [0.25, 0.3) is 0 Å². The lowest BCUT2D eigenvalue weighted by Gasteiger charge is -2.03. The summed E-state index contributed by atoms with van der Waals surface area (Å²) in [6, 6.07) is 5.69. The fourth-order valence-corrected chi connectivity index (χ4v) is 1.56. The van der Waals surface area contributed by atoms with Gasteiger partial charge in [-0.3, -0.25) is 0 Å². The molecule has 1 aromatic heterocycles. The molecule has 4 heteroatoms. The third kappa shape index (κ3) is 1.91. The number of hydrogen-bond donors (Lipinski definition) is 1. The lowest BCUT2D eigenvalue weighted by Crippen LogP contribution is -1.91. The Morgan fingerprint density at radius 2 is 2.12 bits per heavy atom. The average Bonchev–Trinajstić information content (AvgIpc) is 2.71. The van der Waals surface area contributed by atoms with Gasteiger partial charge in [0.2, 0.25) is 11.8 Å². The lowest BCUT2D eigenvalue weighted by molar-refractivity contribution is 0.502. The zero-order valence-electron chi connectivity index (χ0n) is 9.53. The van der Waals surface area contributed by atoms with Gasteiger partial charge in [0.1, 0.15) is 0 Å². The van der Waals surface area contributed by atoms with Crippen molar-refractivity contribution in [3.8, 4) is 11.5 Å². The first-order valence-corrected chi connectivity index (χ1v) is 5.40. The van der Waals surface area contributed by atoms with E-state index in [0.717, 1.165) is 29.7 Å². The SMILES string of the molecule is CCCc1nnc(-c2cccc(N)c2C)o1. The third-order valence-electron chi connectivity index (χ3n) is 2.54. The molecule has 0 aliphatic heterocycles. The minimum atomic E-state index is 0.549. The molecule has 2 aromatic rings. The molecule has 1 heterocycles. The highest BCUT2D eigenvalue weighted by Gasteiger charge is 2.11. The van der Waals surface area contributed by atoms with Crippen LogP contribution in [0.2, 0.25) is 0 Å². The van der Waals surface area contributed by atoms with E-state index in [2.05, 4.69) is 17.1 Å². The second-order valence-electron chi connectivity index (χ2n) is 3.77. The van der Waals surface area contributed by atoms with Gasteiger partial charge in [-0.15, -0.1) is 10.2 Å². The topological polar surface area (TPSA) is 64.9 Å². The lowest BCUT2D eigenvalue weighted by atomic mass is 10.1. The molecule has 4 nitrogen and oxygen atoms in total. The van der Waals surface area contributed by atoms with E-state index in [1.807, 2.05) is 25.1 Å². The van der Waals surface area contributed by atoms with Crippen LogP contribution in [0, 0.1) is 6.92 Å². The van der Waals surface area contributed by atoms with Gasteiger partial charge in [-0.2, -0.15) is 0 Å². The van der Waals surface area contributed by atoms with Gasteiger partial charge in [-0.05, 0) is 31.0 Å². The molecule has 2 rings (SSSR count). The number of nitrogens with two attached hydrogens (primary N) is 1. The van der Waals surface area contributed by atoms with Gasteiger partial charge in [0.05, 0.1) is 0 Å². The fourth-order valence-electron chi connectivity index (χ4n) is 1.56. The maximum Gasteiger partial charge on any atom is 0.248 e. The molecule has 0 amide bonds. The van der Waals surface area contributed by atoms with Crippen LogP contribution in [0.5, 0.6) is 0 Å². The van der Waals surface area contributed by atoms with E-state index in [1.165, 1.54) is 0 Å². The molecular weight excluding hydrogens is 202 g/mol. The number of anilines is 1. The number of rotatable bonds is 3. The van der Waals surface area contributed by atoms with Crippen molar-refractivity contribution in [3.63, 3.8) is 0 Å². The first kappa shape index (κ1) is 10.7. The molecule has 1 aromatic carbocycles. The Morgan fingerprint density at radius 1 is 1.31 bits per heavy atom. The average molecular weight is 217 g/mol. The highest BCUT2D eigenvalue weighted by Crippen LogP contribution is 2.25. The molecule has 0 saturated heterocycles. The zero-order chi connectivity index (χ0) is 11.5. The van der Waals surface area contributed by atoms with Gasteiger partial charge >= 0.3 is 0 Å². The normalized spacial score (nSPS) is 10.6. The summed E-state index contributed by atoms with van der Waals surface area (Å²) in [7, 11) is 0. The minimum Gasteiger partial charge on any atom is -0.421 e. The number of hydrogen-bond acceptors (Lipinski definition) is 4. The summed E-state index contributed by atoms with van der Waals surface area (Å²) in [5.41, 5.74) is 8.47. The number of aryl methyl sites for hydroxylation is 1. The summed E-state index contributed by atoms with van der Waals surface area (Å²) in [4.78, 5) is 0. The third-order valence-corrected chi connectivity index (χ3v) is 2.54. The van der Waals surface area contributed by atoms with E-state index in [0.29, 0.717) is 11.8 Å². The Bertz CT molecular complexity index is 491. The molecule has 0 fully saturated rings. The smallest absolute Gasteiger partial charge is 0.248 e. The molecule has 0 unspecified atom stereocenters. The van der Waals surface area contributed by atoms with Gasteiger partial charge < -0.3 is 10.2 Å². The van der Waals surface area contributed by atoms with Crippen LogP contribution in [-0.2, 0) is 6.42 Å². The van der Waals surface area contributed by atoms with Crippen molar-refractivity contribution in [2.75, 3.05) is 5.73 Å². The van der Waals surface area contributed by atoms with Crippen molar-refractivity contribution in [1.29, 1.82) is 0 Å². The Morgan fingerprint density at radius 3 is 2.88 bits per heavy atom. The predicted molar refractivity (Wildman–Crippen MR) is 62.9 cm³/mol. The van der Waals surface area contributed by atoms with Crippen molar-refractivity contribution in [1.82, 2.24) is 10.2 Å². The largest absolute Gasteiger partial charge is 0.421 e. The Kier molecular flexibility index (Phi) is 2.90. The Labute approximate surface area is 94.5 Å². The van der Waals surface area contributed by atoms with Gasteiger partial charge in [0.15, 0.2) is 0 Å². The van der Waals surface area contributed by atoms with Crippen LogP contribution in [0.3, 0.4) is 0 Å². The van der Waals surface area contributed by atoms with Crippen molar-refractivity contribution in [3.05, 3.63) is 29.7 Å². The molecule has 0 bridgehead atoms. The summed E-state index contributed by atoms with van der Waals surface area (Å²) < 4.78 is 5.57. The number of aromatic nitrogens is 2. The molecule has 16 heavy (non-hydrogen) atoms. The minimum absolute atomic E-state index is 0.549. The summed E-state index contributed by atoms with van der Waals surface area (Å²) in [6.45, 7) is 4.03. The number of nitrogen functional groups attached to an aromatic ring is 1. The highest BCUT2D eigenvalue weighted by molar-refractivity contribution is 5.66. The van der Waals surface area contributed by atoms with Crippen LogP contribution in [0.25, 0.3) is 11.5 Å². The number of nitrogens with zero attached hydrogens (tertiary/aromatic N) is 2. The van der Waals surface area contributed by atoms with Crippen molar-refractivity contribution in [2.24, 2.45) is 0 Å². The van der Waals surface area contributed by atoms with Crippen molar-refractivity contribution < 1.29 is 4.42 Å². The maximum absolute atomic E-state index is 5.83. The van der Waals surface area contributed by atoms with Crippen LogP contribution in [0.15, 0.2) is 22.6 Å². The number of benzene rings is 1. The van der Waals surface area contributed by atoms with Crippen LogP contribution < -0.4 is 5.73 Å². The van der Waals surface area contributed by atoms with Gasteiger partial charge in [0, 0.05) is 17.7 Å². The maximum atomic E-state index is 5.83. The molecule has 0 aliphatic rings. The van der Waals surface area contributed by atoms with Gasteiger partial charge in [-0.1, -0.05) is 13.0 Å². The molecule has 0 saturated carbocycles. The second kappa shape index (κ2) is 4.35. The van der Waals surface area contributed by atoms with Gasteiger partial charge in [-0.25, -0.2) is 0 Å². The van der Waals surface area contributed by atoms with Crippen molar-refractivity contribution in [2.45, 2.75) is 26.7 Å². The quantitative estimate of drug-likeness (QED) is 0.802. The summed E-state index contributed by atoms with van der Waals surface area (Å²) in [5.74, 6) is 1.23. The summed E-state index contributed by atoms with van der Waals surface area (Å²) in [6.07, 6.45) is 1.81. The van der Waals surface area contributed by atoms with E-state index in [-0.39, 0.29) is 0 Å². The predicted octanol–water partition coefficient (Wildman–Crippen LogP) is 2.58. The molecule has 0 atom stereocenters. The van der Waals surface area contributed by atoms with Crippen molar-refractivity contribution >= 4 is 5.69 Å². The molecular formula is C12H15N3O. The molecule has 84 valence electrons. The summed E-state index contributed by atoms with van der Waals surface area (Å²) in [5, 5.41) is 8.03. The first-order valence-electron chi connectivity index (χ1n) is 5.40. The van der Waals surface area contributed by atoms with Crippen LogP contribution in [-0.4, -0.2) is 10.2 Å². The molecule has 0 radical (unpaired) electrons. The second-order valence-corrected chi connectivity index (χ2v) is 3.77. The van der Waals surface area contributed by atoms with E-state index in [1.54, 1.807) is 0 Å². The van der Waals surface area contributed by atoms with E-state index >= 15 is 0 Å². The molecule has 0 aliphatic carbocycles. The monoisotopic (exact) mass is 217 g/mol. The molecule has 2 N–H and O–H groups in total. The highest BCUT2D eigenvalue weighted by atomic mass is 16.4. The standard InChI is InChI=1S/C12H15N3O/c1-3-5-11-14-15-12(16-11)9-6-4-7-10(13)8(9)2/h4,6-7H,3,5,13H2,1-2H3. The Balaban J connectivity index is 2.39. The summed E-state index contributed by atoms with van der Waals surface area (Å²) >= 11 is 0. The zero-order valence-corrected chi connectivity index (χ0v) is 9.53.